The van der Waals surface area contributed by atoms with Crippen molar-refractivity contribution in [2.24, 2.45) is 0 Å². The minimum Gasteiger partial charge on any atom is -0.468 e. The zero-order valence-electron chi connectivity index (χ0n) is 12.4. The molecule has 0 aliphatic carbocycles. The van der Waals surface area contributed by atoms with Crippen molar-refractivity contribution in [2.75, 3.05) is 13.6 Å². The number of rotatable bonds is 6. The topological polar surface area (TPSA) is 79.6 Å². The minimum atomic E-state index is -3.63. The second-order valence-electron chi connectivity index (χ2n) is 4.61. The lowest BCUT2D eigenvalue weighted by molar-refractivity contribution is 0.0963. The molecule has 0 bridgehead atoms. The average molecular weight is 322 g/mol. The van der Waals surface area contributed by atoms with Gasteiger partial charge in [0.2, 0.25) is 10.0 Å². The van der Waals surface area contributed by atoms with Crippen molar-refractivity contribution < 1.29 is 17.6 Å². The number of hydrogen-bond donors (Lipinski definition) is 1. The van der Waals surface area contributed by atoms with Crippen LogP contribution in [0.5, 0.6) is 0 Å². The lowest BCUT2D eigenvalue weighted by Gasteiger charge is -2.19. The molecule has 0 fully saturated rings. The summed E-state index contributed by atoms with van der Waals surface area (Å²) in [6.45, 7) is 2.25. The Kier molecular flexibility index (Phi) is 4.99. The molecule has 6 nitrogen and oxygen atoms in total. The van der Waals surface area contributed by atoms with Crippen LogP contribution in [0.3, 0.4) is 0 Å². The van der Waals surface area contributed by atoms with Crippen LogP contribution in [0, 0.1) is 0 Å². The van der Waals surface area contributed by atoms with E-state index in [9.17, 15) is 13.2 Å². The molecular formula is C15H18N2O4S. The second-order valence-corrected chi connectivity index (χ2v) is 6.55. The number of carbonyl (C=O) groups is 1. The monoisotopic (exact) mass is 322 g/mol. The summed E-state index contributed by atoms with van der Waals surface area (Å²) in [5.74, 6) is 0.319. The fourth-order valence-corrected chi connectivity index (χ4v) is 3.43. The predicted octanol–water partition coefficient (Wildman–Crippen LogP) is 1.85. The molecule has 1 aromatic carbocycles. The molecule has 0 saturated carbocycles. The Balaban J connectivity index is 2.26. The van der Waals surface area contributed by atoms with Gasteiger partial charge in [-0.3, -0.25) is 4.79 Å². The van der Waals surface area contributed by atoms with Crippen molar-refractivity contribution in [3.63, 3.8) is 0 Å². The van der Waals surface area contributed by atoms with Gasteiger partial charge in [0, 0.05) is 19.2 Å². The Morgan fingerprint density at radius 2 is 1.91 bits per heavy atom. The molecule has 1 amide bonds. The first-order valence-electron chi connectivity index (χ1n) is 6.83. The highest BCUT2D eigenvalue weighted by Crippen LogP contribution is 2.19. The molecular weight excluding hydrogens is 304 g/mol. The van der Waals surface area contributed by atoms with Crippen LogP contribution in [0.4, 0.5) is 0 Å². The Labute approximate surface area is 129 Å². The molecule has 0 unspecified atom stereocenters. The number of sulfonamides is 1. The summed E-state index contributed by atoms with van der Waals surface area (Å²) in [5.41, 5.74) is 0.413. The van der Waals surface area contributed by atoms with E-state index in [4.69, 9.17) is 4.42 Å². The molecule has 0 aliphatic rings. The third kappa shape index (κ3) is 3.37. The normalized spacial score (nSPS) is 11.6. The van der Waals surface area contributed by atoms with E-state index in [-0.39, 0.29) is 17.3 Å². The summed E-state index contributed by atoms with van der Waals surface area (Å²) < 4.78 is 31.8. The van der Waals surface area contributed by atoms with E-state index in [1.165, 1.54) is 41.9 Å². The largest absolute Gasteiger partial charge is 0.468 e. The summed E-state index contributed by atoms with van der Waals surface area (Å²) in [5, 5.41) is 2.49. The van der Waals surface area contributed by atoms with Gasteiger partial charge in [0.25, 0.3) is 5.91 Å². The smallest absolute Gasteiger partial charge is 0.251 e. The van der Waals surface area contributed by atoms with Crippen LogP contribution in [0.15, 0.2) is 52.0 Å². The van der Waals surface area contributed by atoms with Crippen LogP contribution < -0.4 is 5.32 Å². The summed E-state index contributed by atoms with van der Waals surface area (Å²) in [4.78, 5) is 11.6. The van der Waals surface area contributed by atoms with E-state index in [0.29, 0.717) is 17.9 Å². The van der Waals surface area contributed by atoms with E-state index in [0.717, 1.165) is 0 Å². The fourth-order valence-electron chi connectivity index (χ4n) is 2.01. The van der Waals surface area contributed by atoms with Crippen molar-refractivity contribution in [2.45, 2.75) is 18.4 Å². The molecule has 0 saturated heterocycles. The number of hydrogen-bond acceptors (Lipinski definition) is 4. The van der Waals surface area contributed by atoms with Gasteiger partial charge in [-0.25, -0.2) is 8.42 Å². The van der Waals surface area contributed by atoms with Crippen molar-refractivity contribution in [3.05, 3.63) is 54.0 Å². The zero-order valence-corrected chi connectivity index (χ0v) is 13.3. The van der Waals surface area contributed by atoms with Crippen molar-refractivity contribution in [1.29, 1.82) is 0 Å². The Morgan fingerprint density at radius 3 is 2.41 bits per heavy atom. The molecule has 0 atom stereocenters. The molecule has 7 heteroatoms. The fraction of sp³-hybridized carbons (Fsp3) is 0.267. The van der Waals surface area contributed by atoms with Crippen molar-refractivity contribution >= 4 is 15.9 Å². The Morgan fingerprint density at radius 1 is 1.23 bits per heavy atom. The quantitative estimate of drug-likeness (QED) is 0.880. The first-order chi connectivity index (χ1) is 10.5. The van der Waals surface area contributed by atoms with Gasteiger partial charge in [0.15, 0.2) is 0 Å². The van der Waals surface area contributed by atoms with Crippen LogP contribution in [-0.2, 0) is 16.6 Å². The highest BCUT2D eigenvalue weighted by atomic mass is 32.2. The third-order valence-corrected chi connectivity index (χ3v) is 5.18. The molecule has 2 aromatic rings. The molecule has 1 heterocycles. The number of furan rings is 1. The van der Waals surface area contributed by atoms with Crippen molar-refractivity contribution in [3.8, 4) is 0 Å². The maximum absolute atomic E-state index is 12.6. The van der Waals surface area contributed by atoms with Gasteiger partial charge in [0.1, 0.15) is 5.76 Å². The van der Waals surface area contributed by atoms with Gasteiger partial charge in [-0.05, 0) is 36.4 Å². The SMILES string of the molecule is CCN(Cc1ccco1)S(=O)(=O)c1ccc(C(=O)NC)cc1. The van der Waals surface area contributed by atoms with E-state index in [1.807, 2.05) is 0 Å². The summed E-state index contributed by atoms with van der Waals surface area (Å²) in [7, 11) is -2.11. The summed E-state index contributed by atoms with van der Waals surface area (Å²) in [6, 6.07) is 9.30. The standard InChI is InChI=1S/C15H18N2O4S/c1-3-17(11-13-5-4-10-21-13)22(19,20)14-8-6-12(7-9-14)15(18)16-2/h4-10H,3,11H2,1-2H3,(H,16,18). The summed E-state index contributed by atoms with van der Waals surface area (Å²) in [6.07, 6.45) is 1.51. The van der Waals surface area contributed by atoms with E-state index in [1.54, 1.807) is 19.1 Å². The van der Waals surface area contributed by atoms with E-state index < -0.39 is 10.0 Å². The van der Waals surface area contributed by atoms with Gasteiger partial charge >= 0.3 is 0 Å². The number of nitrogens with one attached hydrogen (secondary N) is 1. The van der Waals surface area contributed by atoms with Gasteiger partial charge in [-0.15, -0.1) is 0 Å². The van der Waals surface area contributed by atoms with Crippen molar-refractivity contribution in [1.82, 2.24) is 9.62 Å². The maximum atomic E-state index is 12.6. The van der Waals surface area contributed by atoms with Gasteiger partial charge in [-0.1, -0.05) is 6.92 Å². The van der Waals surface area contributed by atoms with Crippen LogP contribution >= 0.6 is 0 Å². The molecule has 0 spiro atoms. The summed E-state index contributed by atoms with van der Waals surface area (Å²) >= 11 is 0. The van der Waals surface area contributed by atoms with Crippen LogP contribution in [0.2, 0.25) is 0 Å². The van der Waals surface area contributed by atoms with Crippen LogP contribution in [0.1, 0.15) is 23.0 Å². The van der Waals surface area contributed by atoms with Crippen LogP contribution in [-0.4, -0.2) is 32.2 Å². The zero-order chi connectivity index (χ0) is 16.2. The molecule has 0 aliphatic heterocycles. The van der Waals surface area contributed by atoms with Gasteiger partial charge in [0.05, 0.1) is 17.7 Å². The number of amides is 1. The van der Waals surface area contributed by atoms with E-state index >= 15 is 0 Å². The number of carbonyl (C=O) groups excluding carboxylic acids is 1. The van der Waals surface area contributed by atoms with Gasteiger partial charge < -0.3 is 9.73 Å². The molecule has 1 N–H and O–H groups in total. The molecule has 118 valence electrons. The Hall–Kier alpha value is -2.12. The number of nitrogens with zero attached hydrogens (tertiary/aromatic N) is 1. The third-order valence-electron chi connectivity index (χ3n) is 3.25. The maximum Gasteiger partial charge on any atom is 0.251 e. The predicted molar refractivity (Wildman–Crippen MR) is 81.8 cm³/mol. The lowest BCUT2D eigenvalue weighted by Crippen LogP contribution is -2.30. The molecule has 22 heavy (non-hydrogen) atoms. The molecule has 2 rings (SSSR count). The van der Waals surface area contributed by atoms with E-state index in [2.05, 4.69) is 5.32 Å². The number of benzene rings is 1. The van der Waals surface area contributed by atoms with Gasteiger partial charge in [-0.2, -0.15) is 4.31 Å². The first kappa shape index (κ1) is 16.3. The lowest BCUT2D eigenvalue weighted by atomic mass is 10.2. The first-order valence-corrected chi connectivity index (χ1v) is 8.27. The van der Waals surface area contributed by atoms with Crippen LogP contribution in [0.25, 0.3) is 0 Å². The second kappa shape index (κ2) is 6.76. The molecule has 1 aromatic heterocycles. The minimum absolute atomic E-state index is 0.147. The average Bonchev–Trinajstić information content (AvgIpc) is 3.04. The highest BCUT2D eigenvalue weighted by Gasteiger charge is 2.24. The highest BCUT2D eigenvalue weighted by molar-refractivity contribution is 7.89. The Bertz CT molecular complexity index is 721. The molecule has 0 radical (unpaired) electrons.